The predicted octanol–water partition coefficient (Wildman–Crippen LogP) is 0.580. The zero-order valence-corrected chi connectivity index (χ0v) is 6.46. The van der Waals surface area contributed by atoms with Crippen LogP contribution in [0.15, 0.2) is 11.6 Å². The lowest BCUT2D eigenvalue weighted by molar-refractivity contribution is -0.139. The van der Waals surface area contributed by atoms with E-state index in [1.54, 1.807) is 6.92 Å². The predicted molar refractivity (Wildman–Crippen MR) is 38.0 cm³/mol. The molecule has 0 rings (SSSR count). The maximum absolute atomic E-state index is 10.5. The number of carbonyl (C=O) groups excluding carboxylic acids is 1. The second kappa shape index (κ2) is 4.49. The van der Waals surface area contributed by atoms with Gasteiger partial charge in [0.05, 0.1) is 13.5 Å². The van der Waals surface area contributed by atoms with Gasteiger partial charge in [0, 0.05) is 6.08 Å². The standard InChI is InChI=1S/C7H10O4/c1-5(3-6(8)9)4-7(10)11-2/h3H,4H2,1-2H3,(H,8,9)/b5-3-. The SMILES string of the molecule is COC(=O)C/C(C)=C\C(=O)O. The summed E-state index contributed by atoms with van der Waals surface area (Å²) in [5, 5.41) is 8.24. The lowest BCUT2D eigenvalue weighted by Gasteiger charge is -1.96. The highest BCUT2D eigenvalue weighted by atomic mass is 16.5. The van der Waals surface area contributed by atoms with Gasteiger partial charge < -0.3 is 9.84 Å². The molecule has 0 aromatic carbocycles. The Bertz CT molecular complexity index is 193. The third-order valence-corrected chi connectivity index (χ3v) is 1.02. The summed E-state index contributed by atoms with van der Waals surface area (Å²) in [6.45, 7) is 1.56. The largest absolute Gasteiger partial charge is 0.478 e. The Morgan fingerprint density at radius 3 is 2.45 bits per heavy atom. The third-order valence-electron chi connectivity index (χ3n) is 1.02. The average Bonchev–Trinajstić information content (AvgIpc) is 1.85. The van der Waals surface area contributed by atoms with Crippen LogP contribution in [0.4, 0.5) is 0 Å². The minimum Gasteiger partial charge on any atom is -0.478 e. The van der Waals surface area contributed by atoms with Gasteiger partial charge in [-0.05, 0) is 6.92 Å². The molecule has 0 aromatic heterocycles. The molecule has 0 aliphatic heterocycles. The molecule has 0 radical (unpaired) electrons. The number of carbonyl (C=O) groups is 2. The number of hydrogen-bond donors (Lipinski definition) is 1. The minimum atomic E-state index is -1.05. The van der Waals surface area contributed by atoms with E-state index in [1.165, 1.54) is 7.11 Å². The summed E-state index contributed by atoms with van der Waals surface area (Å²) in [5.74, 6) is -1.48. The van der Waals surface area contributed by atoms with Crippen molar-refractivity contribution < 1.29 is 19.4 Å². The normalized spacial score (nSPS) is 10.9. The van der Waals surface area contributed by atoms with Crippen molar-refractivity contribution in [2.45, 2.75) is 13.3 Å². The van der Waals surface area contributed by atoms with Crippen molar-refractivity contribution in [2.24, 2.45) is 0 Å². The van der Waals surface area contributed by atoms with Crippen LogP contribution in [0.5, 0.6) is 0 Å². The van der Waals surface area contributed by atoms with Crippen LogP contribution in [-0.2, 0) is 14.3 Å². The van der Waals surface area contributed by atoms with E-state index in [1.807, 2.05) is 0 Å². The molecule has 0 spiro atoms. The first-order valence-electron chi connectivity index (χ1n) is 3.03. The molecule has 62 valence electrons. The molecule has 0 fully saturated rings. The number of rotatable bonds is 3. The van der Waals surface area contributed by atoms with E-state index in [2.05, 4.69) is 4.74 Å². The van der Waals surface area contributed by atoms with Crippen molar-refractivity contribution in [3.63, 3.8) is 0 Å². The quantitative estimate of drug-likeness (QED) is 0.482. The fourth-order valence-corrected chi connectivity index (χ4v) is 0.562. The Morgan fingerprint density at radius 1 is 1.55 bits per heavy atom. The summed E-state index contributed by atoms with van der Waals surface area (Å²) in [6.07, 6.45) is 1.01. The van der Waals surface area contributed by atoms with E-state index in [0.717, 1.165) is 6.08 Å². The summed E-state index contributed by atoms with van der Waals surface area (Å²) in [5.41, 5.74) is 0.476. The molecule has 0 unspecified atom stereocenters. The van der Waals surface area contributed by atoms with E-state index >= 15 is 0 Å². The first-order chi connectivity index (χ1) is 5.06. The Morgan fingerprint density at radius 2 is 2.09 bits per heavy atom. The summed E-state index contributed by atoms with van der Waals surface area (Å²) in [4.78, 5) is 20.6. The second-order valence-electron chi connectivity index (χ2n) is 2.08. The van der Waals surface area contributed by atoms with Crippen LogP contribution in [0.1, 0.15) is 13.3 Å². The molecule has 0 bridgehead atoms. The molecule has 4 heteroatoms. The van der Waals surface area contributed by atoms with Gasteiger partial charge in [0.2, 0.25) is 0 Å². The van der Waals surface area contributed by atoms with Crippen LogP contribution in [0.25, 0.3) is 0 Å². The number of esters is 1. The smallest absolute Gasteiger partial charge is 0.328 e. The number of carboxylic acids is 1. The molecule has 0 amide bonds. The lowest BCUT2D eigenvalue weighted by atomic mass is 10.2. The first kappa shape index (κ1) is 9.68. The zero-order chi connectivity index (χ0) is 8.85. The molecule has 0 atom stereocenters. The van der Waals surface area contributed by atoms with Crippen LogP contribution in [0.3, 0.4) is 0 Å². The number of ether oxygens (including phenoxy) is 1. The third kappa shape index (κ3) is 5.14. The molecule has 1 N–H and O–H groups in total. The number of carboxylic acid groups (broad SMARTS) is 1. The van der Waals surface area contributed by atoms with Gasteiger partial charge in [0.15, 0.2) is 0 Å². The maximum Gasteiger partial charge on any atom is 0.328 e. The Balaban J connectivity index is 3.96. The highest BCUT2D eigenvalue weighted by Gasteiger charge is 2.02. The average molecular weight is 158 g/mol. The van der Waals surface area contributed by atoms with Crippen LogP contribution in [-0.4, -0.2) is 24.2 Å². The molecule has 0 saturated heterocycles. The highest BCUT2D eigenvalue weighted by molar-refractivity contribution is 5.82. The first-order valence-corrected chi connectivity index (χ1v) is 3.03. The minimum absolute atomic E-state index is 0.0306. The topological polar surface area (TPSA) is 63.6 Å². The van der Waals surface area contributed by atoms with Gasteiger partial charge in [0.1, 0.15) is 0 Å². The number of hydrogen-bond acceptors (Lipinski definition) is 3. The van der Waals surface area contributed by atoms with Crippen molar-refractivity contribution in [3.05, 3.63) is 11.6 Å². The highest BCUT2D eigenvalue weighted by Crippen LogP contribution is 1.99. The van der Waals surface area contributed by atoms with E-state index < -0.39 is 11.9 Å². The van der Waals surface area contributed by atoms with Gasteiger partial charge in [-0.1, -0.05) is 5.57 Å². The van der Waals surface area contributed by atoms with Crippen LogP contribution in [0, 0.1) is 0 Å². The molecule has 0 aliphatic carbocycles. The Hall–Kier alpha value is -1.32. The maximum atomic E-state index is 10.5. The lowest BCUT2D eigenvalue weighted by Crippen LogP contribution is -2.01. The summed E-state index contributed by atoms with van der Waals surface area (Å²) in [7, 11) is 1.26. The summed E-state index contributed by atoms with van der Waals surface area (Å²) >= 11 is 0. The van der Waals surface area contributed by atoms with E-state index in [-0.39, 0.29) is 6.42 Å². The molecule has 0 aromatic rings. The van der Waals surface area contributed by atoms with Crippen molar-refractivity contribution in [1.82, 2.24) is 0 Å². The van der Waals surface area contributed by atoms with Gasteiger partial charge in [-0.15, -0.1) is 0 Å². The Kier molecular flexibility index (Phi) is 3.95. The van der Waals surface area contributed by atoms with Crippen LogP contribution < -0.4 is 0 Å². The van der Waals surface area contributed by atoms with Crippen molar-refractivity contribution >= 4 is 11.9 Å². The van der Waals surface area contributed by atoms with Crippen molar-refractivity contribution in [3.8, 4) is 0 Å². The second-order valence-corrected chi connectivity index (χ2v) is 2.08. The summed E-state index contributed by atoms with van der Waals surface area (Å²) in [6, 6.07) is 0. The fourth-order valence-electron chi connectivity index (χ4n) is 0.562. The van der Waals surface area contributed by atoms with E-state index in [0.29, 0.717) is 5.57 Å². The van der Waals surface area contributed by atoms with Gasteiger partial charge in [-0.25, -0.2) is 4.79 Å². The molecule has 0 saturated carbocycles. The molecule has 11 heavy (non-hydrogen) atoms. The molecular formula is C7H10O4. The molecule has 4 nitrogen and oxygen atoms in total. The van der Waals surface area contributed by atoms with Gasteiger partial charge in [-0.2, -0.15) is 0 Å². The summed E-state index contributed by atoms with van der Waals surface area (Å²) < 4.78 is 4.33. The molecule has 0 heterocycles. The monoisotopic (exact) mass is 158 g/mol. The van der Waals surface area contributed by atoms with Crippen molar-refractivity contribution in [1.29, 1.82) is 0 Å². The van der Waals surface area contributed by atoms with Crippen molar-refractivity contribution in [2.75, 3.05) is 7.11 Å². The molecular weight excluding hydrogens is 148 g/mol. The van der Waals surface area contributed by atoms with Crippen LogP contribution in [0.2, 0.25) is 0 Å². The van der Waals surface area contributed by atoms with Crippen LogP contribution >= 0.6 is 0 Å². The molecule has 0 aliphatic rings. The number of aliphatic carboxylic acids is 1. The zero-order valence-electron chi connectivity index (χ0n) is 6.46. The van der Waals surface area contributed by atoms with E-state index in [9.17, 15) is 9.59 Å². The van der Waals surface area contributed by atoms with Gasteiger partial charge >= 0.3 is 11.9 Å². The van der Waals surface area contributed by atoms with E-state index in [4.69, 9.17) is 5.11 Å². The Labute approximate surface area is 64.5 Å². The fraction of sp³-hybridized carbons (Fsp3) is 0.429. The number of methoxy groups -OCH3 is 1. The van der Waals surface area contributed by atoms with Gasteiger partial charge in [0.25, 0.3) is 0 Å². The van der Waals surface area contributed by atoms with Gasteiger partial charge in [-0.3, -0.25) is 4.79 Å².